The van der Waals surface area contributed by atoms with Crippen molar-refractivity contribution in [2.45, 2.75) is 25.9 Å². The third-order valence-corrected chi connectivity index (χ3v) is 3.66. The first-order valence-corrected chi connectivity index (χ1v) is 6.92. The summed E-state index contributed by atoms with van der Waals surface area (Å²) in [6.45, 7) is 4.05. The number of aryl methyl sites for hydroxylation is 1. The minimum atomic E-state index is -0.343. The SMILES string of the molecule is CCc1ccc(CC(=O)NCC2CNCC2O)cc1. The van der Waals surface area contributed by atoms with Crippen molar-refractivity contribution in [1.82, 2.24) is 10.6 Å². The van der Waals surface area contributed by atoms with Crippen LogP contribution in [0.2, 0.25) is 0 Å². The van der Waals surface area contributed by atoms with Crippen molar-refractivity contribution in [2.75, 3.05) is 19.6 Å². The lowest BCUT2D eigenvalue weighted by Crippen LogP contribution is -2.35. The molecule has 3 N–H and O–H groups in total. The second-order valence-electron chi connectivity index (χ2n) is 5.14. The van der Waals surface area contributed by atoms with E-state index in [-0.39, 0.29) is 17.9 Å². The molecule has 0 spiro atoms. The van der Waals surface area contributed by atoms with Crippen molar-refractivity contribution in [1.29, 1.82) is 0 Å². The second kappa shape index (κ2) is 6.68. The Morgan fingerprint density at radius 3 is 2.58 bits per heavy atom. The number of amides is 1. The van der Waals surface area contributed by atoms with E-state index >= 15 is 0 Å². The zero-order valence-electron chi connectivity index (χ0n) is 11.4. The van der Waals surface area contributed by atoms with Gasteiger partial charge in [0.15, 0.2) is 0 Å². The lowest BCUT2D eigenvalue weighted by atomic mass is 10.1. The Balaban J connectivity index is 1.77. The number of β-amino-alcohol motifs (C(OH)–C–C–N with tert-alkyl or cyclic N) is 1. The van der Waals surface area contributed by atoms with Crippen LogP contribution in [-0.4, -0.2) is 36.8 Å². The van der Waals surface area contributed by atoms with Gasteiger partial charge in [0.1, 0.15) is 0 Å². The molecule has 1 fully saturated rings. The predicted molar refractivity (Wildman–Crippen MR) is 74.9 cm³/mol. The lowest BCUT2D eigenvalue weighted by Gasteiger charge is -2.14. The Kier molecular flexibility index (Phi) is 4.93. The first kappa shape index (κ1) is 14.0. The van der Waals surface area contributed by atoms with Gasteiger partial charge in [-0.05, 0) is 17.5 Å². The van der Waals surface area contributed by atoms with Gasteiger partial charge in [-0.1, -0.05) is 31.2 Å². The summed E-state index contributed by atoms with van der Waals surface area (Å²) in [5.74, 6) is 0.148. The van der Waals surface area contributed by atoms with Crippen LogP contribution in [0.25, 0.3) is 0 Å². The summed E-state index contributed by atoms with van der Waals surface area (Å²) in [6.07, 6.45) is 1.07. The lowest BCUT2D eigenvalue weighted by molar-refractivity contribution is -0.120. The third kappa shape index (κ3) is 4.04. The highest BCUT2D eigenvalue weighted by atomic mass is 16.3. The number of carbonyl (C=O) groups is 1. The molecule has 1 aromatic rings. The first-order valence-electron chi connectivity index (χ1n) is 6.92. The predicted octanol–water partition coefficient (Wildman–Crippen LogP) is 0.488. The molecule has 1 aliphatic heterocycles. The van der Waals surface area contributed by atoms with Crippen LogP contribution in [0.3, 0.4) is 0 Å². The molecule has 19 heavy (non-hydrogen) atoms. The van der Waals surface area contributed by atoms with Gasteiger partial charge >= 0.3 is 0 Å². The maximum Gasteiger partial charge on any atom is 0.224 e. The topological polar surface area (TPSA) is 61.4 Å². The largest absolute Gasteiger partial charge is 0.391 e. The first-order chi connectivity index (χ1) is 9.19. The van der Waals surface area contributed by atoms with E-state index in [1.165, 1.54) is 5.56 Å². The molecule has 4 nitrogen and oxygen atoms in total. The Hall–Kier alpha value is -1.39. The average Bonchev–Trinajstić information content (AvgIpc) is 2.83. The molecule has 2 rings (SSSR count). The molecule has 2 unspecified atom stereocenters. The molecule has 1 amide bonds. The second-order valence-corrected chi connectivity index (χ2v) is 5.14. The fourth-order valence-electron chi connectivity index (χ4n) is 2.31. The minimum absolute atomic E-state index is 0.0170. The molecule has 0 aromatic heterocycles. The molecule has 1 heterocycles. The fourth-order valence-corrected chi connectivity index (χ4v) is 2.31. The van der Waals surface area contributed by atoms with Crippen LogP contribution in [0.15, 0.2) is 24.3 Å². The number of hydrogen-bond donors (Lipinski definition) is 3. The Morgan fingerprint density at radius 1 is 1.32 bits per heavy atom. The quantitative estimate of drug-likeness (QED) is 0.723. The summed E-state index contributed by atoms with van der Waals surface area (Å²) in [6, 6.07) is 8.13. The highest BCUT2D eigenvalue weighted by Gasteiger charge is 2.24. The van der Waals surface area contributed by atoms with E-state index in [9.17, 15) is 9.90 Å². The van der Waals surface area contributed by atoms with Crippen LogP contribution >= 0.6 is 0 Å². The van der Waals surface area contributed by atoms with E-state index < -0.39 is 0 Å². The van der Waals surface area contributed by atoms with Crippen molar-refractivity contribution in [3.8, 4) is 0 Å². The molecule has 0 radical (unpaired) electrons. The van der Waals surface area contributed by atoms with Gasteiger partial charge in [0.2, 0.25) is 5.91 Å². The Bertz CT molecular complexity index is 417. The molecule has 1 aliphatic rings. The number of aliphatic hydroxyl groups is 1. The molecular weight excluding hydrogens is 240 g/mol. The molecular formula is C15H22N2O2. The van der Waals surface area contributed by atoms with Crippen molar-refractivity contribution >= 4 is 5.91 Å². The summed E-state index contributed by atoms with van der Waals surface area (Å²) in [7, 11) is 0. The Labute approximate surface area is 114 Å². The summed E-state index contributed by atoms with van der Waals surface area (Å²) in [5, 5.41) is 15.6. The van der Waals surface area contributed by atoms with E-state index in [2.05, 4.69) is 29.7 Å². The highest BCUT2D eigenvalue weighted by Crippen LogP contribution is 2.08. The van der Waals surface area contributed by atoms with Crippen LogP contribution in [0.1, 0.15) is 18.1 Å². The van der Waals surface area contributed by atoms with Crippen molar-refractivity contribution in [3.05, 3.63) is 35.4 Å². The maximum absolute atomic E-state index is 11.8. The van der Waals surface area contributed by atoms with Gasteiger partial charge in [-0.3, -0.25) is 4.79 Å². The van der Waals surface area contributed by atoms with Gasteiger partial charge in [-0.15, -0.1) is 0 Å². The van der Waals surface area contributed by atoms with E-state index in [4.69, 9.17) is 0 Å². The van der Waals surface area contributed by atoms with Crippen LogP contribution in [0, 0.1) is 5.92 Å². The number of aliphatic hydroxyl groups excluding tert-OH is 1. The minimum Gasteiger partial charge on any atom is -0.391 e. The van der Waals surface area contributed by atoms with Crippen molar-refractivity contribution < 1.29 is 9.90 Å². The molecule has 104 valence electrons. The van der Waals surface area contributed by atoms with Crippen LogP contribution in [0.5, 0.6) is 0 Å². The number of carbonyl (C=O) groups excluding carboxylic acids is 1. The monoisotopic (exact) mass is 262 g/mol. The maximum atomic E-state index is 11.8. The van der Waals surface area contributed by atoms with Crippen molar-refractivity contribution in [2.24, 2.45) is 5.92 Å². The third-order valence-electron chi connectivity index (χ3n) is 3.66. The van der Waals surface area contributed by atoms with Gasteiger partial charge in [0.25, 0.3) is 0 Å². The van der Waals surface area contributed by atoms with Gasteiger partial charge in [0, 0.05) is 25.6 Å². The summed E-state index contributed by atoms with van der Waals surface area (Å²) in [4.78, 5) is 11.8. The Morgan fingerprint density at radius 2 is 2.00 bits per heavy atom. The van der Waals surface area contributed by atoms with Gasteiger partial charge in [-0.2, -0.15) is 0 Å². The van der Waals surface area contributed by atoms with Crippen LogP contribution in [-0.2, 0) is 17.6 Å². The number of nitrogens with one attached hydrogen (secondary N) is 2. The highest BCUT2D eigenvalue weighted by molar-refractivity contribution is 5.78. The molecule has 4 heteroatoms. The molecule has 0 aliphatic carbocycles. The van der Waals surface area contributed by atoms with E-state index in [1.54, 1.807) is 0 Å². The number of hydrogen-bond acceptors (Lipinski definition) is 3. The van der Waals surface area contributed by atoms with Crippen LogP contribution in [0.4, 0.5) is 0 Å². The van der Waals surface area contributed by atoms with Gasteiger partial charge < -0.3 is 15.7 Å². The molecule has 0 bridgehead atoms. The smallest absolute Gasteiger partial charge is 0.224 e. The van der Waals surface area contributed by atoms with Gasteiger partial charge in [0.05, 0.1) is 12.5 Å². The molecule has 0 saturated carbocycles. The van der Waals surface area contributed by atoms with Crippen LogP contribution < -0.4 is 10.6 Å². The van der Waals surface area contributed by atoms with E-state index in [0.717, 1.165) is 18.5 Å². The summed E-state index contributed by atoms with van der Waals surface area (Å²) >= 11 is 0. The fraction of sp³-hybridized carbons (Fsp3) is 0.533. The van der Waals surface area contributed by atoms with Gasteiger partial charge in [-0.25, -0.2) is 0 Å². The van der Waals surface area contributed by atoms with E-state index in [1.807, 2.05) is 12.1 Å². The zero-order valence-corrected chi connectivity index (χ0v) is 11.4. The average molecular weight is 262 g/mol. The number of benzene rings is 1. The summed E-state index contributed by atoms with van der Waals surface area (Å²) < 4.78 is 0. The normalized spacial score (nSPS) is 22.4. The molecule has 1 saturated heterocycles. The molecule has 2 atom stereocenters. The molecule has 1 aromatic carbocycles. The standard InChI is InChI=1S/C15H22N2O2/c1-2-11-3-5-12(6-4-11)7-15(19)17-9-13-8-16-10-14(13)18/h3-6,13-14,16,18H,2,7-10H2,1H3,(H,17,19). The van der Waals surface area contributed by atoms with E-state index in [0.29, 0.717) is 19.5 Å². The van der Waals surface area contributed by atoms with Crippen molar-refractivity contribution in [3.63, 3.8) is 0 Å². The zero-order chi connectivity index (χ0) is 13.7. The number of rotatable bonds is 5. The summed E-state index contributed by atoms with van der Waals surface area (Å²) in [5.41, 5.74) is 2.31.